The fourth-order valence-corrected chi connectivity index (χ4v) is 5.98. The monoisotopic (exact) mass is 704 g/mol. The van der Waals surface area contributed by atoms with E-state index < -0.39 is 77.7 Å². The largest absolute Gasteiger partial charge is 0.453 e. The minimum absolute atomic E-state index is 0.0641. The SMILES string of the molecule is COC(=O)N(Cc1cc(C(F)(F)F)cc(C(F)(F)F)c1)[C@@H]1C[C@H](C2CC2)N(C(=O)OC(C)C)c2c(Br)cc(C(F)(F)F)cc21. The van der Waals surface area contributed by atoms with Gasteiger partial charge in [0.1, 0.15) is 0 Å². The first kappa shape index (κ1) is 33.7. The van der Waals surface area contributed by atoms with Crippen LogP contribution in [0.25, 0.3) is 0 Å². The number of nitrogens with zero attached hydrogens (tertiary/aromatic N) is 2. The van der Waals surface area contributed by atoms with Crippen LogP contribution in [0.4, 0.5) is 54.8 Å². The van der Waals surface area contributed by atoms with Crippen molar-refractivity contribution >= 4 is 33.8 Å². The third kappa shape index (κ3) is 7.20. The highest BCUT2D eigenvalue weighted by molar-refractivity contribution is 9.10. The molecule has 0 aromatic heterocycles. The summed E-state index contributed by atoms with van der Waals surface area (Å²) in [5, 5.41) is 0. The molecular weight excluding hydrogens is 679 g/mol. The van der Waals surface area contributed by atoms with Gasteiger partial charge in [-0.1, -0.05) is 0 Å². The van der Waals surface area contributed by atoms with Crippen molar-refractivity contribution in [1.29, 1.82) is 0 Å². The smallest absolute Gasteiger partial charge is 0.416 e. The molecule has 16 heteroatoms. The minimum Gasteiger partial charge on any atom is -0.453 e. The van der Waals surface area contributed by atoms with Gasteiger partial charge < -0.3 is 9.47 Å². The zero-order chi connectivity index (χ0) is 32.9. The van der Waals surface area contributed by atoms with Crippen LogP contribution in [0.2, 0.25) is 0 Å². The number of carbonyl (C=O) groups is 2. The summed E-state index contributed by atoms with van der Waals surface area (Å²) in [7, 11) is 0.916. The first-order valence-electron chi connectivity index (χ1n) is 13.3. The lowest BCUT2D eigenvalue weighted by Gasteiger charge is -2.44. The number of alkyl halides is 9. The van der Waals surface area contributed by atoms with Crippen molar-refractivity contribution in [3.8, 4) is 0 Å². The second-order valence-electron chi connectivity index (χ2n) is 10.9. The molecule has 0 bridgehead atoms. The van der Waals surface area contributed by atoms with Gasteiger partial charge in [0.05, 0.1) is 41.6 Å². The number of fused-ring (bicyclic) bond motifs is 1. The molecule has 1 fully saturated rings. The molecule has 44 heavy (non-hydrogen) atoms. The van der Waals surface area contributed by atoms with Gasteiger partial charge >= 0.3 is 30.7 Å². The van der Waals surface area contributed by atoms with E-state index in [1.165, 1.54) is 4.90 Å². The lowest BCUT2D eigenvalue weighted by atomic mass is 9.86. The third-order valence-electron chi connectivity index (χ3n) is 7.30. The average Bonchev–Trinajstić information content (AvgIpc) is 3.74. The van der Waals surface area contributed by atoms with E-state index >= 15 is 0 Å². The number of benzene rings is 2. The zero-order valence-corrected chi connectivity index (χ0v) is 24.9. The van der Waals surface area contributed by atoms with Gasteiger partial charge in [0.15, 0.2) is 0 Å². The van der Waals surface area contributed by atoms with Crippen LogP contribution in [0, 0.1) is 5.92 Å². The van der Waals surface area contributed by atoms with Gasteiger partial charge in [0, 0.05) is 22.6 Å². The van der Waals surface area contributed by atoms with E-state index in [4.69, 9.17) is 9.47 Å². The molecule has 0 N–H and O–H groups in total. The number of halogens is 10. The minimum atomic E-state index is -5.18. The quantitative estimate of drug-likeness (QED) is 0.291. The molecule has 2 atom stereocenters. The first-order chi connectivity index (χ1) is 20.2. The Balaban J connectivity index is 1.93. The molecule has 242 valence electrons. The summed E-state index contributed by atoms with van der Waals surface area (Å²) in [4.78, 5) is 28.4. The normalized spacial score (nSPS) is 19.1. The Morgan fingerprint density at radius 3 is 1.89 bits per heavy atom. The highest BCUT2D eigenvalue weighted by Crippen LogP contribution is 2.52. The Morgan fingerprint density at radius 2 is 1.43 bits per heavy atom. The van der Waals surface area contributed by atoms with E-state index in [1.807, 2.05) is 0 Å². The number of hydrogen-bond acceptors (Lipinski definition) is 4. The van der Waals surface area contributed by atoms with Gasteiger partial charge in [-0.05, 0) is 90.9 Å². The summed E-state index contributed by atoms with van der Waals surface area (Å²) in [6.07, 6.45) is -16.9. The Morgan fingerprint density at radius 1 is 0.909 bits per heavy atom. The maximum atomic E-state index is 13.9. The summed E-state index contributed by atoms with van der Waals surface area (Å²) in [5.41, 5.74) is -5.30. The molecule has 4 rings (SSSR count). The van der Waals surface area contributed by atoms with Crippen LogP contribution < -0.4 is 4.90 Å². The Kier molecular flexibility index (Phi) is 9.17. The lowest BCUT2D eigenvalue weighted by Crippen LogP contribution is -2.50. The summed E-state index contributed by atoms with van der Waals surface area (Å²) >= 11 is 3.12. The summed E-state index contributed by atoms with van der Waals surface area (Å²) in [6.45, 7) is 2.26. The number of hydrogen-bond donors (Lipinski definition) is 0. The van der Waals surface area contributed by atoms with Gasteiger partial charge in [0.25, 0.3) is 0 Å². The van der Waals surface area contributed by atoms with Crippen molar-refractivity contribution < 1.29 is 58.6 Å². The molecule has 1 heterocycles. The molecule has 6 nitrogen and oxygen atoms in total. The number of amides is 2. The second kappa shape index (κ2) is 12.0. The molecule has 1 aliphatic heterocycles. The highest BCUT2D eigenvalue weighted by atomic mass is 79.9. The topological polar surface area (TPSA) is 59.1 Å². The Bertz CT molecular complexity index is 1390. The molecular formula is C28H26BrF9N2O4. The van der Waals surface area contributed by atoms with Crippen LogP contribution in [0.1, 0.15) is 67.0 Å². The maximum Gasteiger partial charge on any atom is 0.416 e. The molecule has 1 aliphatic carbocycles. The first-order valence-corrected chi connectivity index (χ1v) is 14.0. The van der Waals surface area contributed by atoms with Crippen LogP contribution in [-0.4, -0.2) is 36.3 Å². The van der Waals surface area contributed by atoms with E-state index in [0.29, 0.717) is 31.0 Å². The molecule has 0 unspecified atom stereocenters. The molecule has 0 spiro atoms. The van der Waals surface area contributed by atoms with Gasteiger partial charge in [-0.2, -0.15) is 39.5 Å². The van der Waals surface area contributed by atoms with E-state index in [-0.39, 0.29) is 34.1 Å². The molecule has 2 aromatic rings. The van der Waals surface area contributed by atoms with Crippen LogP contribution in [-0.2, 0) is 34.5 Å². The van der Waals surface area contributed by atoms with E-state index in [2.05, 4.69) is 15.9 Å². The highest BCUT2D eigenvalue weighted by Gasteiger charge is 2.49. The van der Waals surface area contributed by atoms with Crippen molar-refractivity contribution in [3.63, 3.8) is 0 Å². The summed E-state index contributed by atoms with van der Waals surface area (Å²) in [6, 6.07) is 0.150. The van der Waals surface area contributed by atoms with E-state index in [1.54, 1.807) is 13.8 Å². The molecule has 0 radical (unpaired) electrons. The Labute approximate surface area is 254 Å². The van der Waals surface area contributed by atoms with Crippen molar-refractivity contribution in [2.24, 2.45) is 5.92 Å². The van der Waals surface area contributed by atoms with Crippen LogP contribution in [0.5, 0.6) is 0 Å². The summed E-state index contributed by atoms with van der Waals surface area (Å²) in [5.74, 6) is -0.163. The number of methoxy groups -OCH3 is 1. The zero-order valence-electron chi connectivity index (χ0n) is 23.3. The molecule has 2 aromatic carbocycles. The summed E-state index contributed by atoms with van der Waals surface area (Å²) < 4.78 is 133. The number of carbonyl (C=O) groups excluding carboxylic acids is 2. The van der Waals surface area contributed by atoms with E-state index in [9.17, 15) is 49.1 Å². The molecule has 2 aliphatic rings. The van der Waals surface area contributed by atoms with Crippen molar-refractivity contribution in [3.05, 3.63) is 62.6 Å². The molecule has 2 amide bonds. The lowest BCUT2D eigenvalue weighted by molar-refractivity contribution is -0.143. The molecule has 1 saturated carbocycles. The van der Waals surface area contributed by atoms with E-state index in [0.717, 1.165) is 18.1 Å². The predicted molar refractivity (Wildman–Crippen MR) is 142 cm³/mol. The van der Waals surface area contributed by atoms with Crippen molar-refractivity contribution in [2.75, 3.05) is 12.0 Å². The second-order valence-corrected chi connectivity index (χ2v) is 11.7. The van der Waals surface area contributed by atoms with Crippen LogP contribution >= 0.6 is 15.9 Å². The Hall–Kier alpha value is -3.17. The van der Waals surface area contributed by atoms with Crippen molar-refractivity contribution in [2.45, 2.75) is 76.4 Å². The predicted octanol–water partition coefficient (Wildman–Crippen LogP) is 9.35. The number of anilines is 1. The standard InChI is InChI=1S/C28H26BrF9N2O4/c1-13(2)44-25(42)40-21(15-4-5-15)11-22(19-9-18(28(36,37)38)10-20(29)23(19)40)39(24(41)43-3)12-14-6-16(26(30,31)32)8-17(7-14)27(33,34)35/h6-10,13,15,21-22H,4-5,11-12H2,1-3H3/t21-,22-/m1/s1. The van der Waals surface area contributed by atoms with Gasteiger partial charge in [-0.25, -0.2) is 9.59 Å². The van der Waals surface area contributed by atoms with Crippen LogP contribution in [0.15, 0.2) is 34.8 Å². The van der Waals surface area contributed by atoms with Gasteiger partial charge in [-0.3, -0.25) is 9.80 Å². The van der Waals surface area contributed by atoms with Crippen LogP contribution in [0.3, 0.4) is 0 Å². The van der Waals surface area contributed by atoms with Gasteiger partial charge in [0.2, 0.25) is 0 Å². The number of ether oxygens (including phenoxy) is 2. The molecule has 0 saturated heterocycles. The van der Waals surface area contributed by atoms with Crippen molar-refractivity contribution in [1.82, 2.24) is 4.90 Å². The fraction of sp³-hybridized carbons (Fsp3) is 0.500. The third-order valence-corrected chi connectivity index (χ3v) is 7.91. The fourth-order valence-electron chi connectivity index (χ4n) is 5.31. The van der Waals surface area contributed by atoms with Gasteiger partial charge in [-0.15, -0.1) is 0 Å². The average molecular weight is 705 g/mol. The number of rotatable bonds is 5. The maximum absolute atomic E-state index is 13.9.